The molecule has 1 aliphatic heterocycles. The van der Waals surface area contributed by atoms with Gasteiger partial charge in [0.2, 0.25) is 0 Å². The molecule has 0 bridgehead atoms. The molecule has 0 aliphatic carbocycles. The number of nitrogens with one attached hydrogen (secondary N) is 1. The highest BCUT2D eigenvalue weighted by atomic mass is 16.5. The maximum Gasteiger partial charge on any atom is 0.253 e. The summed E-state index contributed by atoms with van der Waals surface area (Å²) in [5.74, 6) is 0.553. The van der Waals surface area contributed by atoms with Gasteiger partial charge in [-0.25, -0.2) is 0 Å². The zero-order valence-electron chi connectivity index (χ0n) is 14.7. The number of benzene rings is 1. The highest BCUT2D eigenvalue weighted by molar-refractivity contribution is 5.95. The maximum absolute atomic E-state index is 12.4. The van der Waals surface area contributed by atoms with E-state index < -0.39 is 6.10 Å². The van der Waals surface area contributed by atoms with Crippen LogP contribution in [-0.2, 0) is 9.53 Å². The summed E-state index contributed by atoms with van der Waals surface area (Å²) in [4.78, 5) is 14.7. The highest BCUT2D eigenvalue weighted by Crippen LogP contribution is 2.26. The third-order valence-corrected chi connectivity index (χ3v) is 4.37. The Hall–Kier alpha value is -1.63. The van der Waals surface area contributed by atoms with E-state index in [0.29, 0.717) is 31.0 Å². The normalized spacial score (nSPS) is 20.3. The highest BCUT2D eigenvalue weighted by Gasteiger charge is 2.30. The van der Waals surface area contributed by atoms with Crippen LogP contribution in [0.2, 0.25) is 0 Å². The zero-order valence-corrected chi connectivity index (χ0v) is 14.7. The molecule has 2 rings (SSSR count). The minimum atomic E-state index is -0.428. The third kappa shape index (κ3) is 5.19. The van der Waals surface area contributed by atoms with Gasteiger partial charge < -0.3 is 25.4 Å². The number of para-hydroxylation sites is 2. The van der Waals surface area contributed by atoms with Crippen LogP contribution in [0.3, 0.4) is 0 Å². The van der Waals surface area contributed by atoms with Gasteiger partial charge >= 0.3 is 0 Å². The van der Waals surface area contributed by atoms with Crippen molar-refractivity contribution in [3.8, 4) is 5.75 Å². The fourth-order valence-electron chi connectivity index (χ4n) is 2.81. The van der Waals surface area contributed by atoms with E-state index in [-0.39, 0.29) is 12.0 Å². The number of nitrogens with two attached hydrogens (primary N) is 1. The van der Waals surface area contributed by atoms with Gasteiger partial charge in [-0.3, -0.25) is 4.79 Å². The van der Waals surface area contributed by atoms with Crippen LogP contribution in [0.1, 0.15) is 26.7 Å². The summed E-state index contributed by atoms with van der Waals surface area (Å²) < 4.78 is 11.5. The number of anilines is 1. The number of carbonyl (C=O) groups excluding carboxylic acids is 1. The lowest BCUT2D eigenvalue weighted by Crippen LogP contribution is -2.30. The van der Waals surface area contributed by atoms with Gasteiger partial charge in [-0.15, -0.1) is 0 Å². The topological polar surface area (TPSA) is 76.8 Å². The molecule has 1 aromatic carbocycles. The van der Waals surface area contributed by atoms with E-state index in [4.69, 9.17) is 15.2 Å². The molecule has 134 valence electrons. The minimum Gasteiger partial charge on any atom is -0.490 e. The van der Waals surface area contributed by atoms with Gasteiger partial charge in [0.25, 0.3) is 5.91 Å². The Labute approximate surface area is 144 Å². The quantitative estimate of drug-likeness (QED) is 0.720. The molecule has 6 nitrogen and oxygen atoms in total. The molecule has 2 atom stereocenters. The molecule has 1 aromatic rings. The van der Waals surface area contributed by atoms with Crippen LogP contribution in [0.25, 0.3) is 0 Å². The molecule has 3 N–H and O–H groups in total. The fourth-order valence-corrected chi connectivity index (χ4v) is 2.81. The fraction of sp³-hybridized carbons (Fsp3) is 0.611. The molecule has 1 aliphatic rings. The average Bonchev–Trinajstić information content (AvgIpc) is 3.09. The first-order valence-electron chi connectivity index (χ1n) is 8.78. The summed E-state index contributed by atoms with van der Waals surface area (Å²) in [6, 6.07) is 7.50. The number of carbonyl (C=O) groups is 1. The van der Waals surface area contributed by atoms with Crippen molar-refractivity contribution in [1.82, 2.24) is 4.90 Å². The Bertz CT molecular complexity index is 520. The van der Waals surface area contributed by atoms with Gasteiger partial charge in [-0.05, 0) is 38.1 Å². The molecule has 0 spiro atoms. The van der Waals surface area contributed by atoms with Crippen LogP contribution >= 0.6 is 0 Å². The van der Waals surface area contributed by atoms with E-state index >= 15 is 0 Å². The largest absolute Gasteiger partial charge is 0.490 e. The molecular weight excluding hydrogens is 306 g/mol. The first-order chi connectivity index (χ1) is 11.7. The zero-order chi connectivity index (χ0) is 17.4. The van der Waals surface area contributed by atoms with Gasteiger partial charge in [0, 0.05) is 13.1 Å². The molecular formula is C18H29N3O3. The van der Waals surface area contributed by atoms with Crippen molar-refractivity contribution in [2.45, 2.75) is 38.9 Å². The second kappa shape index (κ2) is 9.61. The monoisotopic (exact) mass is 335 g/mol. The first-order valence-corrected chi connectivity index (χ1v) is 8.78. The average molecular weight is 335 g/mol. The molecule has 1 saturated heterocycles. The van der Waals surface area contributed by atoms with Gasteiger partial charge in [-0.1, -0.05) is 26.0 Å². The lowest BCUT2D eigenvalue weighted by molar-refractivity contribution is -0.126. The Kier molecular flexibility index (Phi) is 7.49. The molecule has 1 heterocycles. The number of hydrogen-bond acceptors (Lipinski definition) is 5. The van der Waals surface area contributed by atoms with Crippen LogP contribution in [0.15, 0.2) is 24.3 Å². The minimum absolute atomic E-state index is 0.0127. The summed E-state index contributed by atoms with van der Waals surface area (Å²) >= 11 is 0. The molecule has 1 fully saturated rings. The standard InChI is InChI=1S/C18H29N3O3/c1-3-21(4-2)11-12-23-16-8-6-5-7-15(16)20-18(22)17-10-9-14(13-19)24-17/h5-8,14,17H,3-4,9-13,19H2,1-2H3,(H,20,22)/t14-,17+/m1/s1. The van der Waals surface area contributed by atoms with Crippen LogP contribution in [0.5, 0.6) is 5.75 Å². The van der Waals surface area contributed by atoms with Crippen LogP contribution in [0, 0.1) is 0 Å². The lowest BCUT2D eigenvalue weighted by Gasteiger charge is -2.19. The number of nitrogens with zero attached hydrogens (tertiary/aromatic N) is 1. The molecule has 0 saturated carbocycles. The van der Waals surface area contributed by atoms with E-state index in [9.17, 15) is 4.79 Å². The Morgan fingerprint density at radius 2 is 2.08 bits per heavy atom. The Morgan fingerprint density at radius 3 is 2.75 bits per heavy atom. The Balaban J connectivity index is 1.90. The van der Waals surface area contributed by atoms with Crippen molar-refractivity contribution in [2.75, 3.05) is 38.1 Å². The molecule has 0 aromatic heterocycles. The van der Waals surface area contributed by atoms with E-state index in [1.807, 2.05) is 24.3 Å². The van der Waals surface area contributed by atoms with Gasteiger partial charge in [-0.2, -0.15) is 0 Å². The SMILES string of the molecule is CCN(CC)CCOc1ccccc1NC(=O)[C@@H]1CC[C@H](CN)O1. The smallest absolute Gasteiger partial charge is 0.253 e. The summed E-state index contributed by atoms with van der Waals surface area (Å²) in [6.45, 7) is 8.17. The van der Waals surface area contributed by atoms with Gasteiger partial charge in [0.15, 0.2) is 0 Å². The predicted octanol–water partition coefficient (Wildman–Crippen LogP) is 1.85. The maximum atomic E-state index is 12.4. The summed E-state index contributed by atoms with van der Waals surface area (Å²) in [7, 11) is 0. The Morgan fingerprint density at radius 1 is 1.33 bits per heavy atom. The number of ether oxygens (including phenoxy) is 2. The van der Waals surface area contributed by atoms with E-state index in [0.717, 1.165) is 26.1 Å². The number of amides is 1. The van der Waals surface area contributed by atoms with Crippen molar-refractivity contribution < 1.29 is 14.3 Å². The van der Waals surface area contributed by atoms with Crippen LogP contribution in [0.4, 0.5) is 5.69 Å². The number of likely N-dealkylation sites (N-methyl/N-ethyl adjacent to an activating group) is 1. The summed E-state index contributed by atoms with van der Waals surface area (Å²) in [5.41, 5.74) is 6.28. The van der Waals surface area contributed by atoms with E-state index in [2.05, 4.69) is 24.1 Å². The van der Waals surface area contributed by atoms with Gasteiger partial charge in [0.1, 0.15) is 18.5 Å². The number of rotatable bonds is 9. The molecule has 6 heteroatoms. The van der Waals surface area contributed by atoms with Gasteiger partial charge in [0.05, 0.1) is 11.8 Å². The number of hydrogen-bond donors (Lipinski definition) is 2. The second-order valence-electron chi connectivity index (χ2n) is 5.92. The summed E-state index contributed by atoms with van der Waals surface area (Å²) in [5, 5.41) is 2.92. The molecule has 24 heavy (non-hydrogen) atoms. The van der Waals surface area contributed by atoms with E-state index in [1.165, 1.54) is 0 Å². The molecule has 1 amide bonds. The summed E-state index contributed by atoms with van der Waals surface area (Å²) in [6.07, 6.45) is 1.10. The van der Waals surface area contributed by atoms with Crippen molar-refractivity contribution in [3.63, 3.8) is 0 Å². The molecule has 0 unspecified atom stereocenters. The van der Waals surface area contributed by atoms with Crippen molar-refractivity contribution in [2.24, 2.45) is 5.73 Å². The second-order valence-corrected chi connectivity index (χ2v) is 5.92. The first kappa shape index (κ1) is 18.7. The van der Waals surface area contributed by atoms with Crippen molar-refractivity contribution in [1.29, 1.82) is 0 Å². The van der Waals surface area contributed by atoms with Crippen molar-refractivity contribution >= 4 is 11.6 Å². The third-order valence-electron chi connectivity index (χ3n) is 4.37. The molecule has 0 radical (unpaired) electrons. The van der Waals surface area contributed by atoms with Crippen LogP contribution < -0.4 is 15.8 Å². The predicted molar refractivity (Wildman–Crippen MR) is 95.3 cm³/mol. The lowest BCUT2D eigenvalue weighted by atomic mass is 10.2. The van der Waals surface area contributed by atoms with Crippen molar-refractivity contribution in [3.05, 3.63) is 24.3 Å². The van der Waals surface area contributed by atoms with E-state index in [1.54, 1.807) is 0 Å². The van der Waals surface area contributed by atoms with Crippen LogP contribution in [-0.4, -0.2) is 55.8 Å².